The van der Waals surface area contributed by atoms with Crippen LogP contribution in [0.25, 0.3) is 10.9 Å². The Bertz CT molecular complexity index is 553. The Kier molecular flexibility index (Phi) is 3.09. The SMILES string of the molecule is COc1nc2ccccc2cc1OCC(=O)O. The van der Waals surface area contributed by atoms with Gasteiger partial charge in [0.15, 0.2) is 12.4 Å². The number of carboxylic acid groups (broad SMARTS) is 1. The minimum absolute atomic E-state index is 0.282. The van der Waals surface area contributed by atoms with Crippen LogP contribution >= 0.6 is 0 Å². The second kappa shape index (κ2) is 4.69. The van der Waals surface area contributed by atoms with Crippen molar-refractivity contribution in [2.75, 3.05) is 13.7 Å². The first-order valence-corrected chi connectivity index (χ1v) is 4.99. The van der Waals surface area contributed by atoms with Crippen LogP contribution in [-0.2, 0) is 4.79 Å². The van der Waals surface area contributed by atoms with Gasteiger partial charge in [0, 0.05) is 5.39 Å². The molecule has 1 N–H and O–H groups in total. The van der Waals surface area contributed by atoms with Gasteiger partial charge >= 0.3 is 5.97 Å². The fraction of sp³-hybridized carbons (Fsp3) is 0.167. The minimum atomic E-state index is -1.04. The summed E-state index contributed by atoms with van der Waals surface area (Å²) in [6, 6.07) is 9.17. The van der Waals surface area contributed by atoms with Crippen LogP contribution in [-0.4, -0.2) is 29.8 Å². The molecule has 88 valence electrons. The fourth-order valence-electron chi connectivity index (χ4n) is 1.47. The van der Waals surface area contributed by atoms with E-state index in [0.29, 0.717) is 5.75 Å². The number of nitrogens with zero attached hydrogens (tertiary/aromatic N) is 1. The summed E-state index contributed by atoms with van der Waals surface area (Å²) in [4.78, 5) is 14.7. The number of pyridine rings is 1. The van der Waals surface area contributed by atoms with E-state index in [-0.39, 0.29) is 5.88 Å². The summed E-state index contributed by atoms with van der Waals surface area (Å²) in [7, 11) is 1.46. The normalized spacial score (nSPS) is 10.2. The second-order valence-corrected chi connectivity index (χ2v) is 3.37. The van der Waals surface area contributed by atoms with E-state index in [1.807, 2.05) is 24.3 Å². The van der Waals surface area contributed by atoms with Gasteiger partial charge in [-0.15, -0.1) is 0 Å². The molecule has 0 saturated heterocycles. The lowest BCUT2D eigenvalue weighted by Crippen LogP contribution is -2.10. The summed E-state index contributed by atoms with van der Waals surface area (Å²) in [5.41, 5.74) is 0.770. The molecule has 5 heteroatoms. The smallest absolute Gasteiger partial charge is 0.341 e. The Labute approximate surface area is 97.6 Å². The number of benzene rings is 1. The highest BCUT2D eigenvalue weighted by molar-refractivity contribution is 5.81. The predicted octanol–water partition coefficient (Wildman–Crippen LogP) is 1.71. The third-order valence-electron chi connectivity index (χ3n) is 2.20. The average Bonchev–Trinajstić information content (AvgIpc) is 2.35. The van der Waals surface area contributed by atoms with Gasteiger partial charge in [0.2, 0.25) is 0 Å². The van der Waals surface area contributed by atoms with E-state index in [9.17, 15) is 4.79 Å². The van der Waals surface area contributed by atoms with Crippen molar-refractivity contribution in [2.45, 2.75) is 0 Å². The highest BCUT2D eigenvalue weighted by atomic mass is 16.5. The Morgan fingerprint density at radius 1 is 1.41 bits per heavy atom. The number of ether oxygens (including phenoxy) is 2. The zero-order chi connectivity index (χ0) is 12.3. The summed E-state index contributed by atoms with van der Waals surface area (Å²) < 4.78 is 10.2. The number of carbonyl (C=O) groups is 1. The third-order valence-corrected chi connectivity index (χ3v) is 2.20. The molecule has 0 spiro atoms. The fourth-order valence-corrected chi connectivity index (χ4v) is 1.47. The molecular formula is C12H11NO4. The van der Waals surface area contributed by atoms with E-state index >= 15 is 0 Å². The van der Waals surface area contributed by atoms with Crippen molar-refractivity contribution in [3.05, 3.63) is 30.3 Å². The van der Waals surface area contributed by atoms with Crippen LogP contribution in [0, 0.1) is 0 Å². The predicted molar refractivity (Wildman–Crippen MR) is 61.4 cm³/mol. The first-order valence-electron chi connectivity index (χ1n) is 4.99. The van der Waals surface area contributed by atoms with Crippen LogP contribution in [0.15, 0.2) is 30.3 Å². The molecule has 2 rings (SSSR count). The largest absolute Gasteiger partial charge is 0.479 e. The van der Waals surface area contributed by atoms with Gasteiger partial charge in [0.25, 0.3) is 5.88 Å². The average molecular weight is 233 g/mol. The van der Waals surface area contributed by atoms with E-state index < -0.39 is 12.6 Å². The number of methoxy groups -OCH3 is 1. The number of fused-ring (bicyclic) bond motifs is 1. The van der Waals surface area contributed by atoms with Crippen LogP contribution < -0.4 is 9.47 Å². The summed E-state index contributed by atoms with van der Waals surface area (Å²) in [5, 5.41) is 9.43. The quantitative estimate of drug-likeness (QED) is 0.870. The van der Waals surface area contributed by atoms with Gasteiger partial charge in [0.05, 0.1) is 12.6 Å². The van der Waals surface area contributed by atoms with Crippen molar-refractivity contribution in [3.8, 4) is 11.6 Å². The summed E-state index contributed by atoms with van der Waals surface area (Å²) >= 11 is 0. The van der Waals surface area contributed by atoms with Crippen LogP contribution in [0.3, 0.4) is 0 Å². The van der Waals surface area contributed by atoms with Gasteiger partial charge in [-0.05, 0) is 12.1 Å². The number of hydrogen-bond donors (Lipinski definition) is 1. The van der Waals surface area contributed by atoms with Crippen molar-refractivity contribution in [1.82, 2.24) is 4.98 Å². The number of para-hydroxylation sites is 1. The number of rotatable bonds is 4. The molecule has 2 aromatic rings. The van der Waals surface area contributed by atoms with E-state index in [0.717, 1.165) is 10.9 Å². The molecule has 17 heavy (non-hydrogen) atoms. The van der Waals surface area contributed by atoms with Crippen LogP contribution in [0.5, 0.6) is 11.6 Å². The second-order valence-electron chi connectivity index (χ2n) is 3.37. The molecule has 0 atom stereocenters. The molecule has 0 radical (unpaired) electrons. The van der Waals surface area contributed by atoms with Gasteiger partial charge < -0.3 is 14.6 Å². The molecule has 5 nitrogen and oxygen atoms in total. The molecule has 1 aromatic heterocycles. The van der Waals surface area contributed by atoms with Gasteiger partial charge in [-0.3, -0.25) is 0 Å². The monoisotopic (exact) mass is 233 g/mol. The highest BCUT2D eigenvalue weighted by Gasteiger charge is 2.09. The molecule has 1 heterocycles. The molecule has 0 bridgehead atoms. The van der Waals surface area contributed by atoms with Crippen LogP contribution in [0.1, 0.15) is 0 Å². The Morgan fingerprint density at radius 2 is 2.18 bits per heavy atom. The topological polar surface area (TPSA) is 68.7 Å². The van der Waals surface area contributed by atoms with Crippen LogP contribution in [0.4, 0.5) is 0 Å². The molecule has 0 aliphatic rings. The van der Waals surface area contributed by atoms with E-state index in [4.69, 9.17) is 14.6 Å². The van der Waals surface area contributed by atoms with Gasteiger partial charge in [-0.1, -0.05) is 18.2 Å². The summed E-state index contributed by atoms with van der Waals surface area (Å²) in [6.45, 7) is -0.420. The van der Waals surface area contributed by atoms with E-state index in [1.165, 1.54) is 7.11 Å². The molecule has 0 saturated carbocycles. The van der Waals surface area contributed by atoms with E-state index in [2.05, 4.69) is 4.98 Å². The summed E-state index contributed by atoms with van der Waals surface area (Å²) in [6.07, 6.45) is 0. The molecule has 0 unspecified atom stereocenters. The van der Waals surface area contributed by atoms with Gasteiger partial charge in [-0.2, -0.15) is 0 Å². The number of hydrogen-bond acceptors (Lipinski definition) is 4. The summed E-state index contributed by atoms with van der Waals surface area (Å²) in [5.74, 6) is -0.432. The lowest BCUT2D eigenvalue weighted by Gasteiger charge is -2.09. The van der Waals surface area contributed by atoms with Crippen molar-refractivity contribution < 1.29 is 19.4 Å². The Balaban J connectivity index is 2.41. The number of aromatic nitrogens is 1. The molecule has 0 amide bonds. The molecule has 0 fully saturated rings. The first-order chi connectivity index (χ1) is 8.20. The maximum Gasteiger partial charge on any atom is 0.341 e. The van der Waals surface area contributed by atoms with Gasteiger partial charge in [-0.25, -0.2) is 9.78 Å². The standard InChI is InChI=1S/C12H11NO4/c1-16-12-10(17-7-11(14)15)6-8-4-2-3-5-9(8)13-12/h2-6H,7H2,1H3,(H,14,15). The van der Waals surface area contributed by atoms with Crippen molar-refractivity contribution in [1.29, 1.82) is 0 Å². The number of aliphatic carboxylic acids is 1. The van der Waals surface area contributed by atoms with E-state index in [1.54, 1.807) is 6.07 Å². The lowest BCUT2D eigenvalue weighted by molar-refractivity contribution is -0.139. The molecular weight excluding hydrogens is 222 g/mol. The minimum Gasteiger partial charge on any atom is -0.479 e. The zero-order valence-corrected chi connectivity index (χ0v) is 9.21. The Morgan fingerprint density at radius 3 is 2.88 bits per heavy atom. The Hall–Kier alpha value is -2.30. The molecule has 0 aliphatic carbocycles. The van der Waals surface area contributed by atoms with Crippen molar-refractivity contribution in [2.24, 2.45) is 0 Å². The van der Waals surface area contributed by atoms with Crippen molar-refractivity contribution in [3.63, 3.8) is 0 Å². The van der Waals surface area contributed by atoms with Crippen molar-refractivity contribution >= 4 is 16.9 Å². The molecule has 1 aromatic carbocycles. The maximum atomic E-state index is 10.4. The number of carboxylic acids is 1. The maximum absolute atomic E-state index is 10.4. The van der Waals surface area contributed by atoms with Crippen LogP contribution in [0.2, 0.25) is 0 Å². The third kappa shape index (κ3) is 2.44. The zero-order valence-electron chi connectivity index (χ0n) is 9.21. The highest BCUT2D eigenvalue weighted by Crippen LogP contribution is 2.28. The first kappa shape index (κ1) is 11.2. The molecule has 0 aliphatic heterocycles. The lowest BCUT2D eigenvalue weighted by atomic mass is 10.2. The van der Waals surface area contributed by atoms with Gasteiger partial charge in [0.1, 0.15) is 0 Å².